The number of piperidine rings is 1. The molecule has 1 fully saturated rings. The number of alkyl halides is 3. The van der Waals surface area contributed by atoms with Crippen molar-refractivity contribution in [1.82, 2.24) is 10.2 Å². The second-order valence-electron chi connectivity index (χ2n) is 7.76. The van der Waals surface area contributed by atoms with Gasteiger partial charge in [-0.2, -0.15) is 13.2 Å². The first-order valence-corrected chi connectivity index (χ1v) is 10.8. The highest BCUT2D eigenvalue weighted by Gasteiger charge is 2.34. The molecule has 1 aromatic rings. The molecule has 0 aromatic heterocycles. The number of carboxylic acids is 2. The van der Waals surface area contributed by atoms with Gasteiger partial charge in [-0.25, -0.2) is 9.59 Å². The first kappa shape index (κ1) is 27.6. The standard InChI is InChI=1S/C19H29F3N2.C4H4O4/c1-3-15(4-2)13-24(17-9-11-23-12-10-17)14-16-7-5-6-8-18(16)19(20,21)22;5-3(6)1-2-4(7)8/h5-8,15,17,23H,3-4,9-14H2,1-2H3;1-2H,(H,5,6)(H,7,8)/b;2-1+. The van der Waals surface area contributed by atoms with Gasteiger partial charge in [-0.1, -0.05) is 44.9 Å². The van der Waals surface area contributed by atoms with Crippen molar-refractivity contribution in [1.29, 1.82) is 0 Å². The van der Waals surface area contributed by atoms with Crippen LogP contribution in [0, 0.1) is 5.92 Å². The minimum absolute atomic E-state index is 0.369. The number of benzene rings is 1. The molecule has 6 nitrogen and oxygen atoms in total. The Bertz CT molecular complexity index is 727. The van der Waals surface area contributed by atoms with E-state index in [0.29, 0.717) is 36.2 Å². The average Bonchev–Trinajstić information content (AvgIpc) is 2.76. The van der Waals surface area contributed by atoms with Crippen molar-refractivity contribution in [3.8, 4) is 0 Å². The highest BCUT2D eigenvalue weighted by molar-refractivity contribution is 5.89. The van der Waals surface area contributed by atoms with E-state index < -0.39 is 23.7 Å². The molecule has 1 aromatic carbocycles. The van der Waals surface area contributed by atoms with Gasteiger partial charge in [0.2, 0.25) is 0 Å². The molecule has 0 amide bonds. The Balaban J connectivity index is 0.000000547. The van der Waals surface area contributed by atoms with Gasteiger partial charge in [-0.15, -0.1) is 0 Å². The summed E-state index contributed by atoms with van der Waals surface area (Å²) < 4.78 is 39.9. The molecule has 1 heterocycles. The van der Waals surface area contributed by atoms with Crippen molar-refractivity contribution in [3.05, 3.63) is 47.5 Å². The van der Waals surface area contributed by atoms with Gasteiger partial charge in [0.25, 0.3) is 0 Å². The molecule has 0 unspecified atom stereocenters. The summed E-state index contributed by atoms with van der Waals surface area (Å²) in [7, 11) is 0. The summed E-state index contributed by atoms with van der Waals surface area (Å²) >= 11 is 0. The van der Waals surface area contributed by atoms with E-state index in [4.69, 9.17) is 10.2 Å². The van der Waals surface area contributed by atoms with Crippen LogP contribution in [0.15, 0.2) is 36.4 Å². The molecular formula is C23H33F3N2O4. The van der Waals surface area contributed by atoms with Gasteiger partial charge in [0.1, 0.15) is 0 Å². The number of halogens is 3. The van der Waals surface area contributed by atoms with Gasteiger partial charge < -0.3 is 15.5 Å². The van der Waals surface area contributed by atoms with Crippen LogP contribution in [0.1, 0.15) is 50.7 Å². The summed E-state index contributed by atoms with van der Waals surface area (Å²) in [5, 5.41) is 19.0. The molecule has 2 rings (SSSR count). The van der Waals surface area contributed by atoms with E-state index in [-0.39, 0.29) is 0 Å². The third-order valence-corrected chi connectivity index (χ3v) is 5.54. The SMILES string of the molecule is CCC(CC)CN(Cc1ccccc1C(F)(F)F)C1CCNCC1.O=C(O)/C=C/C(=O)O. The van der Waals surface area contributed by atoms with Crippen molar-refractivity contribution >= 4 is 11.9 Å². The minimum Gasteiger partial charge on any atom is -0.478 e. The zero-order valence-corrected chi connectivity index (χ0v) is 18.6. The van der Waals surface area contributed by atoms with Gasteiger partial charge in [-0.05, 0) is 43.5 Å². The molecule has 9 heteroatoms. The van der Waals surface area contributed by atoms with Crippen molar-refractivity contribution in [2.75, 3.05) is 19.6 Å². The Kier molecular flexibility index (Phi) is 12.0. The van der Waals surface area contributed by atoms with Gasteiger partial charge in [0.15, 0.2) is 0 Å². The average molecular weight is 459 g/mol. The Morgan fingerprint density at radius 2 is 1.62 bits per heavy atom. The summed E-state index contributed by atoms with van der Waals surface area (Å²) in [5.41, 5.74) is -0.0945. The van der Waals surface area contributed by atoms with Gasteiger partial charge in [0.05, 0.1) is 5.56 Å². The number of nitrogens with zero attached hydrogens (tertiary/aromatic N) is 1. The molecule has 3 N–H and O–H groups in total. The summed E-state index contributed by atoms with van der Waals surface area (Å²) in [6.07, 6.45) is 0.983. The summed E-state index contributed by atoms with van der Waals surface area (Å²) in [6, 6.07) is 6.38. The molecule has 180 valence electrons. The monoisotopic (exact) mass is 458 g/mol. The lowest BCUT2D eigenvalue weighted by molar-refractivity contribution is -0.138. The van der Waals surface area contributed by atoms with Crippen LogP contribution in [0.2, 0.25) is 0 Å². The molecule has 1 aliphatic rings. The number of hydrogen-bond acceptors (Lipinski definition) is 4. The number of rotatable bonds is 9. The molecule has 0 spiro atoms. The largest absolute Gasteiger partial charge is 0.478 e. The molecule has 0 atom stereocenters. The van der Waals surface area contributed by atoms with Crippen LogP contribution in [0.5, 0.6) is 0 Å². The van der Waals surface area contributed by atoms with Crippen LogP contribution in [0.4, 0.5) is 13.2 Å². The lowest BCUT2D eigenvalue weighted by atomic mass is 9.97. The Labute approximate surface area is 187 Å². The summed E-state index contributed by atoms with van der Waals surface area (Å²) in [6.45, 7) is 7.49. The quantitative estimate of drug-likeness (QED) is 0.475. The molecular weight excluding hydrogens is 425 g/mol. The number of carboxylic acid groups (broad SMARTS) is 2. The van der Waals surface area contributed by atoms with Gasteiger partial charge in [0, 0.05) is 31.3 Å². The molecule has 0 radical (unpaired) electrons. The van der Waals surface area contributed by atoms with Crippen molar-refractivity contribution in [2.45, 2.75) is 58.3 Å². The summed E-state index contributed by atoms with van der Waals surface area (Å²) in [5.74, 6) is -1.97. The van der Waals surface area contributed by atoms with Crippen LogP contribution in [0.25, 0.3) is 0 Å². The Hall–Kier alpha value is -2.39. The fraction of sp³-hybridized carbons (Fsp3) is 0.565. The molecule has 1 saturated heterocycles. The van der Waals surface area contributed by atoms with Crippen molar-refractivity contribution in [3.63, 3.8) is 0 Å². The minimum atomic E-state index is -4.29. The third-order valence-electron chi connectivity index (χ3n) is 5.54. The van der Waals surface area contributed by atoms with Crippen LogP contribution < -0.4 is 5.32 Å². The second-order valence-corrected chi connectivity index (χ2v) is 7.76. The number of nitrogens with one attached hydrogen (secondary N) is 1. The fourth-order valence-corrected chi connectivity index (χ4v) is 3.69. The Morgan fingerprint density at radius 1 is 1.09 bits per heavy atom. The lowest BCUT2D eigenvalue weighted by Crippen LogP contribution is -2.44. The van der Waals surface area contributed by atoms with Crippen LogP contribution in [0.3, 0.4) is 0 Å². The highest BCUT2D eigenvalue weighted by Crippen LogP contribution is 2.33. The van der Waals surface area contributed by atoms with E-state index >= 15 is 0 Å². The number of aliphatic carboxylic acids is 2. The predicted molar refractivity (Wildman–Crippen MR) is 116 cm³/mol. The normalized spacial score (nSPS) is 15.1. The number of hydrogen-bond donors (Lipinski definition) is 3. The first-order chi connectivity index (χ1) is 15.1. The van der Waals surface area contributed by atoms with Gasteiger partial charge in [-0.3, -0.25) is 4.90 Å². The maximum Gasteiger partial charge on any atom is 0.416 e. The predicted octanol–water partition coefficient (Wildman–Crippen LogP) is 4.41. The molecule has 0 aliphatic carbocycles. The van der Waals surface area contributed by atoms with Crippen LogP contribution in [-0.2, 0) is 22.3 Å². The third kappa shape index (κ3) is 10.3. The maximum atomic E-state index is 13.3. The number of carbonyl (C=O) groups is 2. The maximum absolute atomic E-state index is 13.3. The topological polar surface area (TPSA) is 89.9 Å². The first-order valence-electron chi connectivity index (χ1n) is 10.8. The van der Waals surface area contributed by atoms with Gasteiger partial charge >= 0.3 is 18.1 Å². The van der Waals surface area contributed by atoms with E-state index in [1.54, 1.807) is 12.1 Å². The summed E-state index contributed by atoms with van der Waals surface area (Å²) in [4.78, 5) is 21.4. The van der Waals surface area contributed by atoms with Crippen LogP contribution >= 0.6 is 0 Å². The van der Waals surface area contributed by atoms with Crippen LogP contribution in [-0.4, -0.2) is 52.7 Å². The van der Waals surface area contributed by atoms with E-state index in [2.05, 4.69) is 24.1 Å². The second kappa shape index (κ2) is 13.9. The van der Waals surface area contributed by atoms with Crippen molar-refractivity contribution in [2.24, 2.45) is 5.92 Å². The smallest absolute Gasteiger partial charge is 0.416 e. The zero-order chi connectivity index (χ0) is 24.1. The molecule has 1 aliphatic heterocycles. The van der Waals surface area contributed by atoms with Crippen molar-refractivity contribution < 1.29 is 33.0 Å². The Morgan fingerprint density at radius 3 is 2.09 bits per heavy atom. The zero-order valence-electron chi connectivity index (χ0n) is 18.6. The van der Waals surface area contributed by atoms with E-state index in [9.17, 15) is 22.8 Å². The van der Waals surface area contributed by atoms with E-state index in [1.807, 2.05) is 0 Å². The fourth-order valence-electron chi connectivity index (χ4n) is 3.69. The molecule has 32 heavy (non-hydrogen) atoms. The molecule has 0 bridgehead atoms. The van der Waals surface area contributed by atoms with E-state index in [0.717, 1.165) is 45.3 Å². The lowest BCUT2D eigenvalue weighted by Gasteiger charge is -2.37. The molecule has 0 saturated carbocycles. The van der Waals surface area contributed by atoms with E-state index in [1.165, 1.54) is 12.1 Å². The highest BCUT2D eigenvalue weighted by atomic mass is 19.4.